The number of pyridine rings is 1. The molecule has 0 fully saturated rings. The molecule has 1 heterocycles. The fraction of sp³-hybridized carbons (Fsp3) is 0.500. The molecule has 1 aromatic heterocycles. The van der Waals surface area contributed by atoms with Gasteiger partial charge >= 0.3 is 0 Å². The van der Waals surface area contributed by atoms with Crippen LogP contribution >= 0.6 is 0 Å². The van der Waals surface area contributed by atoms with E-state index in [9.17, 15) is 8.78 Å². The molecule has 0 aliphatic heterocycles. The molecule has 4 nitrogen and oxygen atoms in total. The van der Waals surface area contributed by atoms with E-state index < -0.39 is 13.0 Å². The van der Waals surface area contributed by atoms with Crippen molar-refractivity contribution in [1.82, 2.24) is 4.98 Å². The van der Waals surface area contributed by atoms with Crippen molar-refractivity contribution in [2.75, 3.05) is 24.6 Å². The average Bonchev–Trinajstić information content (AvgIpc) is 2.27. The first-order valence-electron chi connectivity index (χ1n) is 5.52. The number of aliphatic hydroxyl groups excluding tert-OH is 1. The number of aliphatic hydroxyl groups is 1. The van der Waals surface area contributed by atoms with E-state index in [0.29, 0.717) is 11.3 Å². The predicted molar refractivity (Wildman–Crippen MR) is 63.7 cm³/mol. The molecule has 0 aliphatic rings. The van der Waals surface area contributed by atoms with Crippen molar-refractivity contribution in [3.05, 3.63) is 22.9 Å². The minimum absolute atomic E-state index is 0.0227. The molecule has 0 radical (unpaired) electrons. The van der Waals surface area contributed by atoms with Crippen LogP contribution in [0.3, 0.4) is 0 Å². The maximum absolute atomic E-state index is 12.5. The molecule has 1 N–H and O–H groups in total. The maximum atomic E-state index is 12.5. The lowest BCUT2D eigenvalue weighted by Crippen LogP contribution is -2.33. The van der Waals surface area contributed by atoms with Crippen LogP contribution in [0.5, 0.6) is 0 Å². The van der Waals surface area contributed by atoms with Gasteiger partial charge in [-0.1, -0.05) is 0 Å². The Kier molecular flexibility index (Phi) is 4.98. The van der Waals surface area contributed by atoms with Gasteiger partial charge in [0, 0.05) is 12.2 Å². The van der Waals surface area contributed by atoms with Crippen LogP contribution in [0.15, 0.2) is 6.07 Å². The first-order chi connectivity index (χ1) is 8.49. The van der Waals surface area contributed by atoms with Crippen molar-refractivity contribution in [3.63, 3.8) is 0 Å². The van der Waals surface area contributed by atoms with E-state index in [2.05, 4.69) is 4.98 Å². The largest absolute Gasteiger partial charge is 0.395 e. The average molecular weight is 255 g/mol. The molecule has 98 valence electrons. The molecule has 0 unspecified atom stereocenters. The Hall–Kier alpha value is -1.74. The predicted octanol–water partition coefficient (Wildman–Crippen LogP) is 1.63. The van der Waals surface area contributed by atoms with E-state index in [1.807, 2.05) is 6.07 Å². The second-order valence-electron chi connectivity index (χ2n) is 3.95. The standard InChI is InChI=1S/C12H15F2N3O/c1-8-5-9(2)16-12(10(8)6-15)17(3-4-18)7-11(13)14/h5,11,18H,3-4,7H2,1-2H3. The van der Waals surface area contributed by atoms with Gasteiger partial charge in [0.25, 0.3) is 6.43 Å². The summed E-state index contributed by atoms with van der Waals surface area (Å²) in [5, 5.41) is 18.0. The van der Waals surface area contributed by atoms with Crippen LogP contribution in [0, 0.1) is 25.2 Å². The summed E-state index contributed by atoms with van der Waals surface area (Å²) in [5.74, 6) is 0.212. The molecule has 0 aliphatic carbocycles. The molecule has 0 amide bonds. The van der Waals surface area contributed by atoms with Crippen LogP contribution in [0.4, 0.5) is 14.6 Å². The smallest absolute Gasteiger partial charge is 0.255 e. The second-order valence-corrected chi connectivity index (χ2v) is 3.95. The zero-order chi connectivity index (χ0) is 13.7. The number of nitriles is 1. The van der Waals surface area contributed by atoms with Gasteiger partial charge in [0.15, 0.2) is 0 Å². The zero-order valence-electron chi connectivity index (χ0n) is 10.3. The highest BCUT2D eigenvalue weighted by Gasteiger charge is 2.18. The highest BCUT2D eigenvalue weighted by atomic mass is 19.3. The lowest BCUT2D eigenvalue weighted by Gasteiger charge is -2.24. The van der Waals surface area contributed by atoms with Crippen LogP contribution in [0.25, 0.3) is 0 Å². The number of halogens is 2. The summed E-state index contributed by atoms with van der Waals surface area (Å²) in [4.78, 5) is 5.38. The quantitative estimate of drug-likeness (QED) is 0.868. The Morgan fingerprint density at radius 3 is 2.67 bits per heavy atom. The maximum Gasteiger partial charge on any atom is 0.255 e. The van der Waals surface area contributed by atoms with E-state index >= 15 is 0 Å². The van der Waals surface area contributed by atoms with Gasteiger partial charge in [-0.05, 0) is 25.5 Å². The van der Waals surface area contributed by atoms with Crippen LogP contribution < -0.4 is 4.90 Å². The molecule has 1 rings (SSSR count). The summed E-state index contributed by atoms with van der Waals surface area (Å²) in [6.07, 6.45) is -2.55. The molecule has 0 atom stereocenters. The summed E-state index contributed by atoms with van der Waals surface area (Å²) >= 11 is 0. The van der Waals surface area contributed by atoms with E-state index in [0.717, 1.165) is 0 Å². The summed E-state index contributed by atoms with van der Waals surface area (Å²) < 4.78 is 25.0. The molecule has 0 saturated carbocycles. The number of alkyl halides is 2. The number of anilines is 1. The minimum atomic E-state index is -2.55. The van der Waals surface area contributed by atoms with Gasteiger partial charge in [0.1, 0.15) is 11.9 Å². The van der Waals surface area contributed by atoms with Gasteiger partial charge < -0.3 is 10.0 Å². The molecule has 0 bridgehead atoms. The monoisotopic (exact) mass is 255 g/mol. The van der Waals surface area contributed by atoms with Crippen molar-refractivity contribution in [1.29, 1.82) is 5.26 Å². The van der Waals surface area contributed by atoms with Crippen molar-refractivity contribution in [3.8, 4) is 6.07 Å². The van der Waals surface area contributed by atoms with Crippen LogP contribution in [0.1, 0.15) is 16.8 Å². The van der Waals surface area contributed by atoms with Gasteiger partial charge in [-0.2, -0.15) is 5.26 Å². The Morgan fingerprint density at radius 2 is 2.17 bits per heavy atom. The molecular weight excluding hydrogens is 240 g/mol. The molecule has 0 spiro atoms. The molecule has 0 aromatic carbocycles. The van der Waals surface area contributed by atoms with Gasteiger partial charge in [-0.15, -0.1) is 0 Å². The normalized spacial score (nSPS) is 10.5. The fourth-order valence-corrected chi connectivity index (χ4v) is 1.76. The number of hydrogen-bond acceptors (Lipinski definition) is 4. The number of rotatable bonds is 5. The number of nitrogens with zero attached hydrogens (tertiary/aromatic N) is 3. The molecule has 6 heteroatoms. The van der Waals surface area contributed by atoms with Gasteiger partial charge in [-0.25, -0.2) is 13.8 Å². The van der Waals surface area contributed by atoms with Gasteiger partial charge in [0.2, 0.25) is 0 Å². The first-order valence-corrected chi connectivity index (χ1v) is 5.52. The molecule has 18 heavy (non-hydrogen) atoms. The first kappa shape index (κ1) is 14.3. The van der Waals surface area contributed by atoms with Crippen molar-refractivity contribution >= 4 is 5.82 Å². The highest BCUT2D eigenvalue weighted by Crippen LogP contribution is 2.22. The van der Waals surface area contributed by atoms with Gasteiger partial charge in [-0.3, -0.25) is 0 Å². The number of aromatic nitrogens is 1. The third-order valence-corrected chi connectivity index (χ3v) is 2.47. The number of hydrogen-bond donors (Lipinski definition) is 1. The topological polar surface area (TPSA) is 60.2 Å². The molecular formula is C12H15F2N3O. The fourth-order valence-electron chi connectivity index (χ4n) is 1.76. The SMILES string of the molecule is Cc1cc(C)c(C#N)c(N(CCO)CC(F)F)n1. The Balaban J connectivity index is 3.22. The summed E-state index contributed by atoms with van der Waals surface area (Å²) in [5.41, 5.74) is 1.62. The Morgan fingerprint density at radius 1 is 1.50 bits per heavy atom. The third kappa shape index (κ3) is 3.37. The van der Waals surface area contributed by atoms with Crippen LogP contribution in [0.2, 0.25) is 0 Å². The van der Waals surface area contributed by atoms with E-state index in [1.54, 1.807) is 19.9 Å². The lowest BCUT2D eigenvalue weighted by atomic mass is 10.1. The van der Waals surface area contributed by atoms with Crippen molar-refractivity contribution in [2.24, 2.45) is 0 Å². The Bertz CT molecular complexity index is 457. The molecule has 1 aromatic rings. The number of aryl methyl sites for hydroxylation is 2. The Labute approximate surface area is 104 Å². The molecule has 0 saturated heterocycles. The van der Waals surface area contributed by atoms with Crippen molar-refractivity contribution < 1.29 is 13.9 Å². The van der Waals surface area contributed by atoms with Crippen LogP contribution in [-0.4, -0.2) is 36.2 Å². The van der Waals surface area contributed by atoms with Gasteiger partial charge in [0.05, 0.1) is 18.7 Å². The summed E-state index contributed by atoms with van der Waals surface area (Å²) in [6.45, 7) is 2.67. The van der Waals surface area contributed by atoms with E-state index in [-0.39, 0.29) is 24.5 Å². The summed E-state index contributed by atoms with van der Waals surface area (Å²) in [6, 6.07) is 3.70. The van der Waals surface area contributed by atoms with E-state index in [4.69, 9.17) is 10.4 Å². The zero-order valence-corrected chi connectivity index (χ0v) is 10.3. The highest BCUT2D eigenvalue weighted by molar-refractivity contribution is 5.58. The van der Waals surface area contributed by atoms with Crippen molar-refractivity contribution in [2.45, 2.75) is 20.3 Å². The minimum Gasteiger partial charge on any atom is -0.395 e. The van der Waals surface area contributed by atoms with E-state index in [1.165, 1.54) is 4.90 Å². The summed E-state index contributed by atoms with van der Waals surface area (Å²) in [7, 11) is 0. The van der Waals surface area contributed by atoms with Crippen LogP contribution in [-0.2, 0) is 0 Å². The lowest BCUT2D eigenvalue weighted by molar-refractivity contribution is 0.152. The second kappa shape index (κ2) is 6.26. The third-order valence-electron chi connectivity index (χ3n) is 2.47.